The first-order valence-electron chi connectivity index (χ1n) is 13.8. The molecule has 0 heterocycles. The maximum Gasteiger partial charge on any atom is 0.273 e. The number of methoxy groups -OCH3 is 1. The number of ether oxygens (including phenoxy) is 1. The van der Waals surface area contributed by atoms with Gasteiger partial charge in [0, 0.05) is 34.8 Å². The molecular formula is C30H34Cl2N4O7S. The summed E-state index contributed by atoms with van der Waals surface area (Å²) < 4.78 is 34.6. The molecule has 0 spiro atoms. The van der Waals surface area contributed by atoms with E-state index in [0.29, 0.717) is 23.6 Å². The van der Waals surface area contributed by atoms with Crippen LogP contribution in [0.25, 0.3) is 0 Å². The Morgan fingerprint density at radius 1 is 1.02 bits per heavy atom. The van der Waals surface area contributed by atoms with Crippen molar-refractivity contribution in [3.63, 3.8) is 0 Å². The molecule has 0 radical (unpaired) electrons. The number of nitro benzene ring substituents is 1. The summed E-state index contributed by atoms with van der Waals surface area (Å²) in [5, 5.41) is 15.1. The lowest BCUT2D eigenvalue weighted by Gasteiger charge is -2.33. The van der Waals surface area contributed by atoms with E-state index in [0.717, 1.165) is 10.4 Å². The smallest absolute Gasteiger partial charge is 0.273 e. The highest BCUT2D eigenvalue weighted by Crippen LogP contribution is 2.36. The summed E-state index contributed by atoms with van der Waals surface area (Å²) in [5.41, 5.74) is 0.452. The van der Waals surface area contributed by atoms with Gasteiger partial charge in [-0.2, -0.15) is 0 Å². The van der Waals surface area contributed by atoms with Gasteiger partial charge in [0.15, 0.2) is 0 Å². The van der Waals surface area contributed by atoms with E-state index in [1.165, 1.54) is 49.3 Å². The van der Waals surface area contributed by atoms with Crippen LogP contribution in [0.4, 0.5) is 11.4 Å². The second kappa shape index (κ2) is 15.2. The highest BCUT2D eigenvalue weighted by Gasteiger charge is 2.35. The number of nitro groups is 1. The molecule has 2 amide bonds. The van der Waals surface area contributed by atoms with Gasteiger partial charge in [0.05, 0.1) is 22.6 Å². The number of hydrogen-bond acceptors (Lipinski definition) is 7. The Morgan fingerprint density at radius 2 is 1.68 bits per heavy atom. The zero-order chi connectivity index (χ0) is 32.6. The molecule has 1 unspecified atom stereocenters. The van der Waals surface area contributed by atoms with Crippen molar-refractivity contribution in [1.82, 2.24) is 10.2 Å². The molecular weight excluding hydrogens is 631 g/mol. The van der Waals surface area contributed by atoms with Gasteiger partial charge in [0.1, 0.15) is 18.3 Å². The molecule has 11 nitrogen and oxygen atoms in total. The molecule has 0 saturated heterocycles. The molecule has 0 fully saturated rings. The summed E-state index contributed by atoms with van der Waals surface area (Å²) in [6, 6.07) is 13.5. The van der Waals surface area contributed by atoms with Crippen LogP contribution >= 0.6 is 23.2 Å². The van der Waals surface area contributed by atoms with Gasteiger partial charge in [-0.15, -0.1) is 0 Å². The largest absolute Gasteiger partial charge is 0.495 e. The lowest BCUT2D eigenvalue weighted by molar-refractivity contribution is -0.385. The number of carbonyl (C=O) groups is 2. The first-order valence-corrected chi connectivity index (χ1v) is 16.0. The Labute approximate surface area is 266 Å². The number of rotatable bonds is 14. The average molecular weight is 666 g/mol. The predicted octanol–water partition coefficient (Wildman–Crippen LogP) is 5.75. The van der Waals surface area contributed by atoms with Crippen LogP contribution in [0.5, 0.6) is 5.75 Å². The van der Waals surface area contributed by atoms with Gasteiger partial charge in [-0.1, -0.05) is 55.2 Å². The number of amides is 2. The van der Waals surface area contributed by atoms with Gasteiger partial charge in [-0.3, -0.25) is 24.0 Å². The SMILES string of the molecule is CCCNC(=O)C(CC)N(Cc1ccc(Cl)cc1)C(=O)CN(c1cc(Cl)ccc1OC)S(=O)(=O)c1ccc(C)c([N+](=O)[O-])c1. The van der Waals surface area contributed by atoms with Crippen LogP contribution < -0.4 is 14.4 Å². The monoisotopic (exact) mass is 664 g/mol. The van der Waals surface area contributed by atoms with Crippen molar-refractivity contribution in [2.45, 2.75) is 51.1 Å². The fourth-order valence-corrected chi connectivity index (χ4v) is 6.25. The number of nitrogens with one attached hydrogen (secondary N) is 1. The van der Waals surface area contributed by atoms with E-state index < -0.39 is 44.0 Å². The van der Waals surface area contributed by atoms with Crippen molar-refractivity contribution >= 4 is 56.4 Å². The van der Waals surface area contributed by atoms with E-state index in [1.54, 1.807) is 31.2 Å². The molecule has 236 valence electrons. The van der Waals surface area contributed by atoms with Crippen LogP contribution in [-0.4, -0.2) is 56.3 Å². The molecule has 14 heteroatoms. The minimum Gasteiger partial charge on any atom is -0.495 e. The quantitative estimate of drug-likeness (QED) is 0.171. The molecule has 44 heavy (non-hydrogen) atoms. The van der Waals surface area contributed by atoms with Gasteiger partial charge in [-0.05, 0) is 61.7 Å². The Kier molecular flexibility index (Phi) is 12.0. The Bertz CT molecular complexity index is 1620. The van der Waals surface area contributed by atoms with Gasteiger partial charge >= 0.3 is 0 Å². The fraction of sp³-hybridized carbons (Fsp3) is 0.333. The van der Waals surface area contributed by atoms with E-state index in [9.17, 15) is 28.1 Å². The first-order chi connectivity index (χ1) is 20.8. The number of benzene rings is 3. The molecule has 0 bridgehead atoms. The van der Waals surface area contributed by atoms with Crippen LogP contribution in [0.15, 0.2) is 65.6 Å². The lowest BCUT2D eigenvalue weighted by Crippen LogP contribution is -2.52. The molecule has 0 aromatic heterocycles. The normalized spacial score (nSPS) is 11.9. The van der Waals surface area contributed by atoms with Crippen molar-refractivity contribution in [1.29, 1.82) is 0 Å². The minimum absolute atomic E-state index is 0.0232. The van der Waals surface area contributed by atoms with Gasteiger partial charge in [0.2, 0.25) is 11.8 Å². The van der Waals surface area contributed by atoms with E-state index in [4.69, 9.17) is 27.9 Å². The second-order valence-corrected chi connectivity index (χ2v) is 12.6. The molecule has 3 aromatic carbocycles. The average Bonchev–Trinajstić information content (AvgIpc) is 2.99. The zero-order valence-corrected chi connectivity index (χ0v) is 27.1. The molecule has 0 aliphatic heterocycles. The summed E-state index contributed by atoms with van der Waals surface area (Å²) in [7, 11) is -3.30. The van der Waals surface area contributed by atoms with E-state index >= 15 is 0 Å². The number of anilines is 1. The summed E-state index contributed by atoms with van der Waals surface area (Å²) in [4.78, 5) is 39.3. The minimum atomic E-state index is -4.63. The molecule has 1 N–H and O–H groups in total. The van der Waals surface area contributed by atoms with Crippen molar-refractivity contribution in [2.24, 2.45) is 0 Å². The second-order valence-electron chi connectivity index (χ2n) is 9.90. The molecule has 3 aromatic rings. The Morgan fingerprint density at radius 3 is 2.27 bits per heavy atom. The third-order valence-corrected chi connectivity index (χ3v) is 9.10. The van der Waals surface area contributed by atoms with Gasteiger partial charge < -0.3 is 15.0 Å². The predicted molar refractivity (Wildman–Crippen MR) is 170 cm³/mol. The van der Waals surface area contributed by atoms with Crippen LogP contribution in [0, 0.1) is 17.0 Å². The van der Waals surface area contributed by atoms with Crippen LogP contribution in [-0.2, 0) is 26.2 Å². The van der Waals surface area contributed by atoms with Crippen molar-refractivity contribution in [2.75, 3.05) is 24.5 Å². The highest BCUT2D eigenvalue weighted by atomic mass is 35.5. The van der Waals surface area contributed by atoms with Crippen molar-refractivity contribution in [3.8, 4) is 5.75 Å². The first kappa shape index (κ1) is 34.6. The lowest BCUT2D eigenvalue weighted by atomic mass is 10.1. The zero-order valence-electron chi connectivity index (χ0n) is 24.7. The number of aryl methyl sites for hydroxylation is 1. The topological polar surface area (TPSA) is 139 Å². The number of hydrogen-bond donors (Lipinski definition) is 1. The fourth-order valence-electron chi connectivity index (χ4n) is 4.52. The standard InChI is InChI=1S/C30H34Cl2N4O7S/c1-5-15-33-30(38)25(6-2)34(18-21-8-10-22(31)11-9-21)29(37)19-35(27-16-23(32)12-14-28(27)43-4)44(41,42)24-13-7-20(3)26(17-24)36(39)40/h7-14,16-17,25H,5-6,15,18-19H2,1-4H3,(H,33,38). The molecule has 0 saturated carbocycles. The molecule has 0 aliphatic rings. The molecule has 0 aliphatic carbocycles. The van der Waals surface area contributed by atoms with E-state index in [-0.39, 0.29) is 40.9 Å². The molecule has 1 atom stereocenters. The number of sulfonamides is 1. The number of halogens is 2. The van der Waals surface area contributed by atoms with Gasteiger partial charge in [0.25, 0.3) is 15.7 Å². The van der Waals surface area contributed by atoms with Crippen molar-refractivity contribution < 1.29 is 27.7 Å². The van der Waals surface area contributed by atoms with Gasteiger partial charge in [-0.25, -0.2) is 8.42 Å². The van der Waals surface area contributed by atoms with Crippen LogP contribution in [0.1, 0.15) is 37.8 Å². The maximum atomic E-state index is 14.2. The Hall–Kier alpha value is -3.87. The summed E-state index contributed by atoms with van der Waals surface area (Å²) in [6.07, 6.45) is 0.919. The summed E-state index contributed by atoms with van der Waals surface area (Å²) >= 11 is 12.3. The number of nitrogens with zero attached hydrogens (tertiary/aromatic N) is 3. The van der Waals surface area contributed by atoms with Crippen LogP contribution in [0.3, 0.4) is 0 Å². The Balaban J connectivity index is 2.18. The summed E-state index contributed by atoms with van der Waals surface area (Å²) in [6.45, 7) is 4.73. The summed E-state index contributed by atoms with van der Waals surface area (Å²) in [5.74, 6) is -1.00. The number of carbonyl (C=O) groups excluding carboxylic acids is 2. The van der Waals surface area contributed by atoms with E-state index in [2.05, 4.69) is 5.32 Å². The van der Waals surface area contributed by atoms with Crippen molar-refractivity contribution in [3.05, 3.63) is 92.0 Å². The van der Waals surface area contributed by atoms with Crippen LogP contribution in [0.2, 0.25) is 10.0 Å². The third-order valence-electron chi connectivity index (χ3n) is 6.86. The third kappa shape index (κ3) is 8.19. The maximum absolute atomic E-state index is 14.2. The van der Waals surface area contributed by atoms with E-state index in [1.807, 2.05) is 6.92 Å². The highest BCUT2D eigenvalue weighted by molar-refractivity contribution is 7.92. The molecule has 3 rings (SSSR count).